The van der Waals surface area contributed by atoms with Gasteiger partial charge in [0.05, 0.1) is 0 Å². The van der Waals surface area contributed by atoms with Crippen LogP contribution in [0, 0.1) is 0 Å². The van der Waals surface area contributed by atoms with Gasteiger partial charge in [0.15, 0.2) is 11.5 Å². The van der Waals surface area contributed by atoms with Gasteiger partial charge in [0.25, 0.3) is 0 Å². The molecule has 2 amide bonds. The van der Waals surface area contributed by atoms with Crippen molar-refractivity contribution >= 4 is 35.0 Å². The Morgan fingerprint density at radius 3 is 2.39 bits per heavy atom. The largest absolute Gasteiger partial charge is 0.486 e. The third-order valence-corrected chi connectivity index (χ3v) is 6.50. The van der Waals surface area contributed by atoms with Crippen LogP contribution in [0.15, 0.2) is 36.4 Å². The average Bonchev–Trinajstić information content (AvgIpc) is 2.81. The second-order valence-electron chi connectivity index (χ2n) is 8.19. The van der Waals surface area contributed by atoms with Crippen LogP contribution in [0.1, 0.15) is 44.7 Å². The molecule has 0 aromatic heterocycles. The number of hydrogen-bond donors (Lipinski definition) is 1. The first-order chi connectivity index (χ1) is 15.8. The molecule has 0 bridgehead atoms. The molecule has 1 aliphatic rings. The van der Waals surface area contributed by atoms with E-state index in [1.165, 1.54) is 0 Å². The fraction of sp³-hybridized carbons (Fsp3) is 0.440. The molecular weight excluding hydrogens is 463 g/mol. The monoisotopic (exact) mass is 492 g/mol. The minimum atomic E-state index is -0.681. The summed E-state index contributed by atoms with van der Waals surface area (Å²) in [6.45, 7) is 6.84. The molecular formula is C25H30Cl2N2O4. The van der Waals surface area contributed by atoms with Gasteiger partial charge < -0.3 is 19.7 Å². The first-order valence-corrected chi connectivity index (χ1v) is 12.0. The van der Waals surface area contributed by atoms with Gasteiger partial charge in [-0.3, -0.25) is 9.59 Å². The zero-order chi connectivity index (χ0) is 24.0. The van der Waals surface area contributed by atoms with Gasteiger partial charge >= 0.3 is 0 Å². The normalized spacial score (nSPS) is 14.3. The Morgan fingerprint density at radius 1 is 1.06 bits per heavy atom. The lowest BCUT2D eigenvalue weighted by Crippen LogP contribution is -2.49. The van der Waals surface area contributed by atoms with Crippen molar-refractivity contribution in [2.75, 3.05) is 13.2 Å². The van der Waals surface area contributed by atoms with Crippen molar-refractivity contribution < 1.29 is 19.1 Å². The summed E-state index contributed by atoms with van der Waals surface area (Å²) in [6, 6.07) is 10.2. The quantitative estimate of drug-likeness (QED) is 0.532. The van der Waals surface area contributed by atoms with Gasteiger partial charge in [0, 0.05) is 34.6 Å². The number of halogens is 2. The predicted octanol–water partition coefficient (Wildman–Crippen LogP) is 5.03. The summed E-state index contributed by atoms with van der Waals surface area (Å²) in [5.74, 6) is 1.03. The van der Waals surface area contributed by atoms with Crippen molar-refractivity contribution in [3.05, 3.63) is 57.6 Å². The van der Waals surface area contributed by atoms with Gasteiger partial charge in [-0.2, -0.15) is 0 Å². The van der Waals surface area contributed by atoms with Gasteiger partial charge in [-0.1, -0.05) is 42.3 Å². The number of ether oxygens (including phenoxy) is 2. The van der Waals surface area contributed by atoms with E-state index in [2.05, 4.69) is 5.32 Å². The van der Waals surface area contributed by atoms with Crippen molar-refractivity contribution in [3.8, 4) is 11.5 Å². The number of hydrogen-bond acceptors (Lipinski definition) is 4. The van der Waals surface area contributed by atoms with E-state index < -0.39 is 6.04 Å². The van der Waals surface area contributed by atoms with Gasteiger partial charge in [-0.25, -0.2) is 0 Å². The van der Waals surface area contributed by atoms with Crippen molar-refractivity contribution in [1.29, 1.82) is 0 Å². The molecule has 1 aliphatic heterocycles. The van der Waals surface area contributed by atoms with Gasteiger partial charge in [-0.05, 0) is 56.5 Å². The summed E-state index contributed by atoms with van der Waals surface area (Å²) >= 11 is 12.7. The number of fused-ring (bicyclic) bond motifs is 1. The molecule has 0 saturated heterocycles. The molecule has 2 aromatic rings. The van der Waals surface area contributed by atoms with Crippen LogP contribution in [0.3, 0.4) is 0 Å². The average molecular weight is 493 g/mol. The zero-order valence-electron chi connectivity index (χ0n) is 19.2. The van der Waals surface area contributed by atoms with E-state index >= 15 is 0 Å². The van der Waals surface area contributed by atoms with Gasteiger partial charge in [0.1, 0.15) is 19.3 Å². The number of nitrogens with zero attached hydrogens (tertiary/aromatic N) is 1. The molecule has 2 aromatic carbocycles. The van der Waals surface area contributed by atoms with Crippen molar-refractivity contribution in [2.24, 2.45) is 0 Å². The number of benzene rings is 2. The Kier molecular flexibility index (Phi) is 8.87. The number of carbonyl (C=O) groups excluding carboxylic acids is 2. The van der Waals surface area contributed by atoms with Crippen molar-refractivity contribution in [2.45, 2.75) is 58.7 Å². The molecule has 8 heteroatoms. The number of carbonyl (C=O) groups is 2. The van der Waals surface area contributed by atoms with E-state index in [0.717, 1.165) is 12.0 Å². The molecule has 0 unspecified atom stereocenters. The summed E-state index contributed by atoms with van der Waals surface area (Å²) in [5, 5.41) is 3.88. The van der Waals surface area contributed by atoms with Crippen LogP contribution in [0.25, 0.3) is 0 Å². The fourth-order valence-corrected chi connectivity index (χ4v) is 4.06. The standard InChI is InChI=1S/C25H30Cl2N2O4/c1-4-16(2)28-25(31)17(3)29(15-19-20(26)6-5-7-21(19)27)24(30)11-9-18-8-10-22-23(14-18)33-13-12-32-22/h5-8,10,14,16-17H,4,9,11-13,15H2,1-3H3,(H,28,31)/t16-,17+/m0/s1. The molecule has 6 nitrogen and oxygen atoms in total. The third kappa shape index (κ3) is 6.55. The summed E-state index contributed by atoms with van der Waals surface area (Å²) in [4.78, 5) is 27.7. The molecule has 33 heavy (non-hydrogen) atoms. The van der Waals surface area contributed by atoms with Crippen LogP contribution in [0.2, 0.25) is 10.0 Å². The summed E-state index contributed by atoms with van der Waals surface area (Å²) in [6.07, 6.45) is 1.53. The Labute approximate surface area is 205 Å². The second kappa shape index (κ2) is 11.6. The van der Waals surface area contributed by atoms with Gasteiger partial charge in [0.2, 0.25) is 11.8 Å². The third-order valence-electron chi connectivity index (χ3n) is 5.79. The Balaban J connectivity index is 1.77. The van der Waals surface area contributed by atoms with Crippen LogP contribution in [0.5, 0.6) is 11.5 Å². The summed E-state index contributed by atoms with van der Waals surface area (Å²) in [7, 11) is 0. The smallest absolute Gasteiger partial charge is 0.242 e. The maximum atomic E-state index is 13.3. The number of amides is 2. The molecule has 0 radical (unpaired) electrons. The van der Waals surface area contributed by atoms with E-state index in [0.29, 0.717) is 46.7 Å². The highest BCUT2D eigenvalue weighted by Crippen LogP contribution is 2.31. The van der Waals surface area contributed by atoms with Crippen LogP contribution >= 0.6 is 23.2 Å². The molecule has 0 aliphatic carbocycles. The van der Waals surface area contributed by atoms with Crippen molar-refractivity contribution in [3.63, 3.8) is 0 Å². The number of aryl methyl sites for hydroxylation is 1. The molecule has 0 spiro atoms. The Hall–Kier alpha value is -2.44. The highest BCUT2D eigenvalue weighted by molar-refractivity contribution is 6.36. The van der Waals surface area contributed by atoms with E-state index in [1.807, 2.05) is 32.0 Å². The van der Waals surface area contributed by atoms with Crippen LogP contribution in [-0.4, -0.2) is 42.0 Å². The predicted molar refractivity (Wildman–Crippen MR) is 130 cm³/mol. The van der Waals surface area contributed by atoms with Crippen LogP contribution < -0.4 is 14.8 Å². The van der Waals surface area contributed by atoms with E-state index in [1.54, 1.807) is 30.0 Å². The molecule has 2 atom stereocenters. The topological polar surface area (TPSA) is 67.9 Å². The minimum absolute atomic E-state index is 0.0125. The molecule has 178 valence electrons. The molecule has 0 fully saturated rings. The summed E-state index contributed by atoms with van der Waals surface area (Å²) in [5.41, 5.74) is 1.58. The van der Waals surface area contributed by atoms with E-state index in [9.17, 15) is 9.59 Å². The highest BCUT2D eigenvalue weighted by Gasteiger charge is 2.28. The fourth-order valence-electron chi connectivity index (χ4n) is 3.54. The molecule has 1 heterocycles. The minimum Gasteiger partial charge on any atom is -0.486 e. The first-order valence-electron chi connectivity index (χ1n) is 11.2. The second-order valence-corrected chi connectivity index (χ2v) is 9.01. The number of nitrogens with one attached hydrogen (secondary N) is 1. The lowest BCUT2D eigenvalue weighted by Gasteiger charge is -2.30. The molecule has 3 rings (SSSR count). The number of rotatable bonds is 9. The van der Waals surface area contributed by atoms with Crippen LogP contribution in [0.4, 0.5) is 0 Å². The SMILES string of the molecule is CC[C@H](C)NC(=O)[C@@H](C)N(Cc1c(Cl)cccc1Cl)C(=O)CCc1ccc2c(c1)OCCO2. The Morgan fingerprint density at radius 2 is 1.73 bits per heavy atom. The molecule has 1 N–H and O–H groups in total. The maximum absolute atomic E-state index is 13.3. The zero-order valence-corrected chi connectivity index (χ0v) is 20.7. The first kappa shape index (κ1) is 25.2. The highest BCUT2D eigenvalue weighted by atomic mass is 35.5. The van der Waals surface area contributed by atoms with Crippen molar-refractivity contribution in [1.82, 2.24) is 10.2 Å². The van der Waals surface area contributed by atoms with Gasteiger partial charge in [-0.15, -0.1) is 0 Å². The lowest BCUT2D eigenvalue weighted by molar-refractivity contribution is -0.140. The maximum Gasteiger partial charge on any atom is 0.242 e. The molecule has 0 saturated carbocycles. The van der Waals surface area contributed by atoms with E-state index in [-0.39, 0.29) is 30.8 Å². The summed E-state index contributed by atoms with van der Waals surface area (Å²) < 4.78 is 11.2. The van der Waals surface area contributed by atoms with Crippen LogP contribution in [-0.2, 0) is 22.6 Å². The Bertz CT molecular complexity index is 978. The van der Waals surface area contributed by atoms with E-state index in [4.69, 9.17) is 32.7 Å². The lowest BCUT2D eigenvalue weighted by atomic mass is 10.1.